The number of Topliss-reactive ketones (excluding diaryl/α,β-unsaturated/α-hetero) is 1. The number of ether oxygens (including phenoxy) is 2. The van der Waals surface area contributed by atoms with E-state index in [2.05, 4.69) is 24.5 Å². The molecule has 0 saturated heterocycles. The molecule has 1 fully saturated rings. The van der Waals surface area contributed by atoms with Crippen LogP contribution >= 0.6 is 0 Å². The Hall–Kier alpha value is -3.87. The van der Waals surface area contributed by atoms with Crippen molar-refractivity contribution in [3.8, 4) is 11.5 Å². The first-order valence-electron chi connectivity index (χ1n) is 10.9. The van der Waals surface area contributed by atoms with Crippen LogP contribution in [0.4, 0.5) is 11.4 Å². The summed E-state index contributed by atoms with van der Waals surface area (Å²) in [6.07, 6.45) is 5.08. The number of carbonyl (C=O) groups excluding carboxylic acids is 3. The maximum Gasteiger partial charge on any atom is 0.262 e. The molecule has 2 aromatic carbocycles. The van der Waals surface area contributed by atoms with Gasteiger partial charge in [-0.25, -0.2) is 0 Å². The first-order chi connectivity index (χ1) is 15.8. The quantitative estimate of drug-likeness (QED) is 0.677. The fraction of sp³-hybridized carbons (Fsp3) is 0.269. The Morgan fingerprint density at radius 3 is 1.67 bits per heavy atom. The van der Waals surface area contributed by atoms with Crippen molar-refractivity contribution in [2.24, 2.45) is 5.41 Å². The number of allylic oxidation sites excluding steroid dienone is 2. The van der Waals surface area contributed by atoms with Crippen molar-refractivity contribution < 1.29 is 23.9 Å². The third-order valence-electron chi connectivity index (χ3n) is 5.88. The van der Waals surface area contributed by atoms with Gasteiger partial charge in [0.05, 0.1) is 11.4 Å². The lowest BCUT2D eigenvalue weighted by Gasteiger charge is -2.32. The molecule has 2 N–H and O–H groups in total. The Morgan fingerprint density at radius 2 is 1.21 bits per heavy atom. The number of nitrogens with one attached hydrogen (secondary N) is 2. The van der Waals surface area contributed by atoms with Crippen LogP contribution < -0.4 is 20.1 Å². The topological polar surface area (TPSA) is 93.7 Å². The molecule has 7 heteroatoms. The Labute approximate surface area is 191 Å². The molecule has 168 valence electrons. The van der Waals surface area contributed by atoms with E-state index in [4.69, 9.17) is 9.47 Å². The average Bonchev–Trinajstić information content (AvgIpc) is 2.76. The van der Waals surface area contributed by atoms with Crippen molar-refractivity contribution in [2.75, 3.05) is 23.8 Å². The Kier molecular flexibility index (Phi) is 5.04. The second kappa shape index (κ2) is 7.92. The van der Waals surface area contributed by atoms with E-state index in [9.17, 15) is 14.4 Å². The molecule has 0 bridgehead atoms. The van der Waals surface area contributed by atoms with Gasteiger partial charge in [-0.3, -0.25) is 14.4 Å². The van der Waals surface area contributed by atoms with Crippen molar-refractivity contribution in [1.82, 2.24) is 0 Å². The van der Waals surface area contributed by atoms with Gasteiger partial charge in [-0.15, -0.1) is 0 Å². The van der Waals surface area contributed by atoms with Crippen LogP contribution in [-0.2, 0) is 14.4 Å². The van der Waals surface area contributed by atoms with E-state index in [1.165, 1.54) is 0 Å². The molecule has 0 spiro atoms. The Bertz CT molecular complexity index is 1160. The van der Waals surface area contributed by atoms with E-state index in [1.807, 2.05) is 36.4 Å². The van der Waals surface area contributed by atoms with Crippen LogP contribution in [-0.4, -0.2) is 30.8 Å². The first kappa shape index (κ1) is 21.0. The van der Waals surface area contributed by atoms with E-state index in [-0.39, 0.29) is 36.2 Å². The third-order valence-corrected chi connectivity index (χ3v) is 5.88. The van der Waals surface area contributed by atoms with Gasteiger partial charge in [0.25, 0.3) is 11.8 Å². The highest BCUT2D eigenvalue weighted by Crippen LogP contribution is 2.41. The number of carbonyl (C=O) groups is 3. The summed E-state index contributed by atoms with van der Waals surface area (Å²) in [5.74, 6) is 0.857. The summed E-state index contributed by atoms with van der Waals surface area (Å²) in [4.78, 5) is 36.7. The second-order valence-corrected chi connectivity index (χ2v) is 9.37. The fourth-order valence-electron chi connectivity index (χ4n) is 4.48. The van der Waals surface area contributed by atoms with E-state index in [1.54, 1.807) is 12.1 Å². The zero-order valence-electron chi connectivity index (χ0n) is 18.5. The summed E-state index contributed by atoms with van der Waals surface area (Å²) in [5, 5.41) is 5.61. The van der Waals surface area contributed by atoms with Crippen molar-refractivity contribution in [2.45, 2.75) is 26.7 Å². The molecule has 33 heavy (non-hydrogen) atoms. The monoisotopic (exact) mass is 444 g/mol. The second-order valence-electron chi connectivity index (χ2n) is 9.37. The maximum atomic E-state index is 13.4. The minimum atomic E-state index is -0.195. The van der Waals surface area contributed by atoms with E-state index < -0.39 is 0 Å². The molecule has 3 aliphatic rings. The predicted molar refractivity (Wildman–Crippen MR) is 125 cm³/mol. The average molecular weight is 444 g/mol. The molecule has 0 radical (unpaired) electrons. The number of benzene rings is 2. The molecule has 2 amide bonds. The molecular weight excluding hydrogens is 420 g/mol. The summed E-state index contributed by atoms with van der Waals surface area (Å²) in [6, 6.07) is 11.0. The molecule has 7 nitrogen and oxygen atoms in total. The Balaban J connectivity index is 1.47. The molecule has 2 aliphatic heterocycles. The van der Waals surface area contributed by atoms with Crippen LogP contribution in [0.5, 0.6) is 11.5 Å². The Morgan fingerprint density at radius 1 is 0.758 bits per heavy atom. The van der Waals surface area contributed by atoms with Crippen molar-refractivity contribution in [3.05, 3.63) is 58.7 Å². The van der Waals surface area contributed by atoms with Gasteiger partial charge < -0.3 is 20.1 Å². The molecule has 2 heterocycles. The van der Waals surface area contributed by atoms with Crippen LogP contribution in [0, 0.1) is 5.41 Å². The maximum absolute atomic E-state index is 13.4. The van der Waals surface area contributed by atoms with Crippen molar-refractivity contribution in [3.63, 3.8) is 0 Å². The van der Waals surface area contributed by atoms with Crippen LogP contribution in [0.3, 0.4) is 0 Å². The van der Waals surface area contributed by atoms with Gasteiger partial charge in [-0.05, 0) is 65.8 Å². The van der Waals surface area contributed by atoms with Gasteiger partial charge in [0.15, 0.2) is 19.0 Å². The number of amides is 2. The molecule has 1 saturated carbocycles. The van der Waals surface area contributed by atoms with Crippen LogP contribution in [0.25, 0.3) is 12.2 Å². The van der Waals surface area contributed by atoms with Gasteiger partial charge in [-0.2, -0.15) is 0 Å². The van der Waals surface area contributed by atoms with Crippen LogP contribution in [0.1, 0.15) is 37.8 Å². The highest BCUT2D eigenvalue weighted by atomic mass is 16.5. The van der Waals surface area contributed by atoms with Crippen LogP contribution in [0.15, 0.2) is 47.5 Å². The number of ketones is 1. The standard InChI is InChI=1S/C26H24N2O5/c1-26(2)11-17(7-15-3-5-21-19(9-15)27-23(29)13-32-21)25(31)18(12-26)8-16-4-6-22-20(10-16)28-24(30)14-33-22/h3-10H,11-14H2,1-2H3,(H,27,29)(H,28,30)/b17-7-,18-8+. The van der Waals surface area contributed by atoms with Crippen molar-refractivity contribution >= 4 is 41.1 Å². The highest BCUT2D eigenvalue weighted by molar-refractivity contribution is 6.14. The molecular formula is C26H24N2O5. The molecule has 0 atom stereocenters. The normalized spacial score (nSPS) is 21.5. The van der Waals surface area contributed by atoms with E-state index in [0.29, 0.717) is 35.7 Å². The van der Waals surface area contributed by atoms with Gasteiger partial charge >= 0.3 is 0 Å². The summed E-state index contributed by atoms with van der Waals surface area (Å²) in [5.41, 5.74) is 4.21. The number of anilines is 2. The molecule has 5 rings (SSSR count). The molecule has 1 aliphatic carbocycles. The lowest BCUT2D eigenvalue weighted by Crippen LogP contribution is -2.26. The summed E-state index contributed by atoms with van der Waals surface area (Å²) in [7, 11) is 0. The van der Waals surface area contributed by atoms with Crippen molar-refractivity contribution in [1.29, 1.82) is 0 Å². The van der Waals surface area contributed by atoms with Gasteiger partial charge in [0, 0.05) is 11.1 Å². The predicted octanol–water partition coefficient (Wildman–Crippen LogP) is 4.20. The van der Waals surface area contributed by atoms with E-state index >= 15 is 0 Å². The van der Waals surface area contributed by atoms with Gasteiger partial charge in [0.1, 0.15) is 11.5 Å². The first-order valence-corrected chi connectivity index (χ1v) is 10.9. The minimum Gasteiger partial charge on any atom is -0.482 e. The van der Waals surface area contributed by atoms with Gasteiger partial charge in [-0.1, -0.05) is 26.0 Å². The summed E-state index contributed by atoms with van der Waals surface area (Å²) < 4.78 is 10.8. The SMILES string of the molecule is CC1(C)C/C(=C/c2ccc3c(c2)NC(=O)CO3)C(=O)/C(=C/c2ccc3c(c2)NC(=O)CO3)C1. The largest absolute Gasteiger partial charge is 0.482 e. The highest BCUT2D eigenvalue weighted by Gasteiger charge is 2.33. The van der Waals surface area contributed by atoms with E-state index in [0.717, 1.165) is 22.3 Å². The molecule has 0 aromatic heterocycles. The number of hydrogen-bond donors (Lipinski definition) is 2. The zero-order chi connectivity index (χ0) is 23.2. The minimum absolute atomic E-state index is 0.00494. The van der Waals surface area contributed by atoms with Crippen LogP contribution in [0.2, 0.25) is 0 Å². The smallest absolute Gasteiger partial charge is 0.262 e. The lowest BCUT2D eigenvalue weighted by molar-refractivity contribution is -0.119. The summed E-state index contributed by atoms with van der Waals surface area (Å²) in [6.45, 7) is 4.30. The number of hydrogen-bond acceptors (Lipinski definition) is 5. The number of rotatable bonds is 2. The fourth-order valence-corrected chi connectivity index (χ4v) is 4.48. The van der Waals surface area contributed by atoms with Gasteiger partial charge in [0.2, 0.25) is 0 Å². The molecule has 2 aromatic rings. The zero-order valence-corrected chi connectivity index (χ0v) is 18.5. The third kappa shape index (κ3) is 4.39. The summed E-state index contributed by atoms with van der Waals surface area (Å²) >= 11 is 0. The molecule has 0 unspecified atom stereocenters. The lowest BCUT2D eigenvalue weighted by atomic mass is 9.71. The number of fused-ring (bicyclic) bond motifs is 2.